The molecule has 0 bridgehead atoms. The largest absolute Gasteiger partial charge is 0.465 e. The Bertz CT molecular complexity index is 243. The van der Waals surface area contributed by atoms with E-state index in [0.29, 0.717) is 6.54 Å². The standard InChI is InChI=1S/C8H14N2O4/c1-5-3-10(8(12)13)6(4-14-2)7(11)9-5/h5-6H,3-4H2,1-2H3,(H,9,11)(H,12,13). The number of hydrogen-bond acceptors (Lipinski definition) is 3. The quantitative estimate of drug-likeness (QED) is 0.632. The van der Waals surface area contributed by atoms with E-state index in [1.165, 1.54) is 7.11 Å². The van der Waals surface area contributed by atoms with Crippen molar-refractivity contribution in [2.75, 3.05) is 20.3 Å². The molecule has 1 aliphatic rings. The van der Waals surface area contributed by atoms with Crippen LogP contribution in [-0.4, -0.2) is 54.4 Å². The van der Waals surface area contributed by atoms with E-state index in [1.54, 1.807) is 6.92 Å². The summed E-state index contributed by atoms with van der Waals surface area (Å²) in [7, 11) is 1.44. The predicted molar refractivity (Wildman–Crippen MR) is 48.0 cm³/mol. The van der Waals surface area contributed by atoms with E-state index in [0.717, 1.165) is 4.90 Å². The van der Waals surface area contributed by atoms with E-state index < -0.39 is 12.1 Å². The number of nitrogens with zero attached hydrogens (tertiary/aromatic N) is 1. The highest BCUT2D eigenvalue weighted by Crippen LogP contribution is 2.08. The van der Waals surface area contributed by atoms with E-state index >= 15 is 0 Å². The number of nitrogens with one attached hydrogen (secondary N) is 1. The molecule has 1 rings (SSSR count). The molecule has 1 saturated heterocycles. The van der Waals surface area contributed by atoms with E-state index in [-0.39, 0.29) is 18.6 Å². The normalized spacial score (nSPS) is 27.3. The van der Waals surface area contributed by atoms with Gasteiger partial charge < -0.3 is 15.2 Å². The third-order valence-corrected chi connectivity index (χ3v) is 2.11. The molecular weight excluding hydrogens is 188 g/mol. The Morgan fingerprint density at radius 2 is 2.43 bits per heavy atom. The first kappa shape index (κ1) is 10.8. The lowest BCUT2D eigenvalue weighted by molar-refractivity contribution is -0.131. The smallest absolute Gasteiger partial charge is 0.408 e. The summed E-state index contributed by atoms with van der Waals surface area (Å²) in [5, 5.41) is 11.5. The monoisotopic (exact) mass is 202 g/mol. The van der Waals surface area contributed by atoms with Crippen LogP contribution in [0.5, 0.6) is 0 Å². The molecule has 6 heteroatoms. The molecule has 2 N–H and O–H groups in total. The molecule has 0 aliphatic carbocycles. The van der Waals surface area contributed by atoms with Crippen LogP contribution in [0.15, 0.2) is 0 Å². The van der Waals surface area contributed by atoms with E-state index in [9.17, 15) is 9.59 Å². The zero-order valence-corrected chi connectivity index (χ0v) is 8.19. The van der Waals surface area contributed by atoms with Gasteiger partial charge in [-0.25, -0.2) is 4.79 Å². The number of methoxy groups -OCH3 is 1. The molecule has 2 atom stereocenters. The van der Waals surface area contributed by atoms with Crippen molar-refractivity contribution in [3.05, 3.63) is 0 Å². The lowest BCUT2D eigenvalue weighted by Crippen LogP contribution is -2.61. The highest BCUT2D eigenvalue weighted by atomic mass is 16.5. The summed E-state index contributed by atoms with van der Waals surface area (Å²) in [4.78, 5) is 23.3. The molecule has 14 heavy (non-hydrogen) atoms. The highest BCUT2D eigenvalue weighted by Gasteiger charge is 2.35. The lowest BCUT2D eigenvalue weighted by atomic mass is 10.1. The average Bonchev–Trinajstić information content (AvgIpc) is 2.09. The van der Waals surface area contributed by atoms with E-state index in [4.69, 9.17) is 9.84 Å². The van der Waals surface area contributed by atoms with Crippen LogP contribution >= 0.6 is 0 Å². The van der Waals surface area contributed by atoms with Crippen LogP contribution in [0.4, 0.5) is 4.79 Å². The number of carboxylic acid groups (broad SMARTS) is 1. The van der Waals surface area contributed by atoms with Crippen LogP contribution in [0.25, 0.3) is 0 Å². The van der Waals surface area contributed by atoms with Gasteiger partial charge in [-0.3, -0.25) is 9.69 Å². The minimum Gasteiger partial charge on any atom is -0.465 e. The third kappa shape index (κ3) is 2.14. The summed E-state index contributed by atoms with van der Waals surface area (Å²) >= 11 is 0. The van der Waals surface area contributed by atoms with Gasteiger partial charge in [-0.05, 0) is 6.92 Å². The Balaban J connectivity index is 2.75. The van der Waals surface area contributed by atoms with Crippen molar-refractivity contribution in [2.24, 2.45) is 0 Å². The highest BCUT2D eigenvalue weighted by molar-refractivity contribution is 5.86. The fourth-order valence-corrected chi connectivity index (χ4v) is 1.48. The summed E-state index contributed by atoms with van der Waals surface area (Å²) < 4.78 is 4.80. The number of amides is 2. The Morgan fingerprint density at radius 1 is 1.79 bits per heavy atom. The van der Waals surface area contributed by atoms with Gasteiger partial charge in [-0.15, -0.1) is 0 Å². The topological polar surface area (TPSA) is 78.9 Å². The Hall–Kier alpha value is -1.30. The van der Waals surface area contributed by atoms with Crippen molar-refractivity contribution in [1.29, 1.82) is 0 Å². The number of rotatable bonds is 2. The second-order valence-electron chi connectivity index (χ2n) is 3.32. The minimum absolute atomic E-state index is 0.0881. The van der Waals surface area contributed by atoms with E-state index in [2.05, 4.69) is 5.32 Å². The predicted octanol–water partition coefficient (Wildman–Crippen LogP) is -0.500. The molecule has 1 aliphatic heterocycles. The fraction of sp³-hybridized carbons (Fsp3) is 0.750. The van der Waals surface area contributed by atoms with Crippen molar-refractivity contribution >= 4 is 12.0 Å². The van der Waals surface area contributed by atoms with Gasteiger partial charge in [0.2, 0.25) is 5.91 Å². The summed E-state index contributed by atoms with van der Waals surface area (Å²) in [6.45, 7) is 2.15. The third-order valence-electron chi connectivity index (χ3n) is 2.11. The van der Waals surface area contributed by atoms with Gasteiger partial charge in [-0.1, -0.05) is 0 Å². The molecule has 2 unspecified atom stereocenters. The summed E-state index contributed by atoms with van der Waals surface area (Å²) in [5.74, 6) is -0.298. The number of carbonyl (C=O) groups is 2. The van der Waals surface area contributed by atoms with Crippen LogP contribution < -0.4 is 5.32 Å². The van der Waals surface area contributed by atoms with Gasteiger partial charge in [0.1, 0.15) is 6.04 Å². The van der Waals surface area contributed by atoms with Gasteiger partial charge in [0.05, 0.1) is 6.61 Å². The molecule has 0 aromatic rings. The molecule has 6 nitrogen and oxygen atoms in total. The van der Waals surface area contributed by atoms with E-state index in [1.807, 2.05) is 0 Å². The maximum atomic E-state index is 11.4. The first-order chi connectivity index (χ1) is 6.56. The summed E-state index contributed by atoms with van der Waals surface area (Å²) in [6, 6.07) is -0.875. The Labute approximate surface area is 81.8 Å². The number of ether oxygens (including phenoxy) is 1. The van der Waals surface area contributed by atoms with Crippen LogP contribution in [0.2, 0.25) is 0 Å². The van der Waals surface area contributed by atoms with Crippen molar-refractivity contribution in [1.82, 2.24) is 10.2 Å². The van der Waals surface area contributed by atoms with Crippen LogP contribution in [0.1, 0.15) is 6.92 Å². The zero-order chi connectivity index (χ0) is 10.7. The summed E-state index contributed by atoms with van der Waals surface area (Å²) in [6.07, 6.45) is -1.09. The second-order valence-corrected chi connectivity index (χ2v) is 3.32. The molecule has 0 spiro atoms. The SMILES string of the molecule is COCC1C(=O)NC(C)CN1C(=O)O. The van der Waals surface area contributed by atoms with Crippen molar-refractivity contribution in [3.8, 4) is 0 Å². The van der Waals surface area contributed by atoms with Gasteiger partial charge in [0.25, 0.3) is 0 Å². The molecule has 1 fully saturated rings. The van der Waals surface area contributed by atoms with Gasteiger partial charge in [0, 0.05) is 19.7 Å². The Kier molecular flexibility index (Phi) is 3.29. The van der Waals surface area contributed by atoms with Crippen LogP contribution in [0, 0.1) is 0 Å². The van der Waals surface area contributed by atoms with Crippen LogP contribution in [-0.2, 0) is 9.53 Å². The van der Waals surface area contributed by atoms with Gasteiger partial charge >= 0.3 is 6.09 Å². The minimum atomic E-state index is -1.09. The van der Waals surface area contributed by atoms with Crippen molar-refractivity contribution < 1.29 is 19.4 Å². The molecule has 0 saturated carbocycles. The molecule has 2 amide bonds. The number of hydrogen-bond donors (Lipinski definition) is 2. The lowest BCUT2D eigenvalue weighted by Gasteiger charge is -2.35. The van der Waals surface area contributed by atoms with Crippen molar-refractivity contribution in [2.45, 2.75) is 19.0 Å². The maximum Gasteiger partial charge on any atom is 0.408 e. The second kappa shape index (κ2) is 4.28. The first-order valence-electron chi connectivity index (χ1n) is 4.35. The molecule has 1 heterocycles. The number of carbonyl (C=O) groups excluding carboxylic acids is 1. The first-order valence-corrected chi connectivity index (χ1v) is 4.35. The molecular formula is C8H14N2O4. The summed E-state index contributed by atoms with van der Waals surface area (Å²) in [5.41, 5.74) is 0. The zero-order valence-electron chi connectivity index (χ0n) is 8.19. The van der Waals surface area contributed by atoms with Gasteiger partial charge in [0.15, 0.2) is 0 Å². The molecule has 0 radical (unpaired) electrons. The molecule has 80 valence electrons. The average molecular weight is 202 g/mol. The Morgan fingerprint density at radius 3 is 2.93 bits per heavy atom. The van der Waals surface area contributed by atoms with Crippen molar-refractivity contribution in [3.63, 3.8) is 0 Å². The maximum absolute atomic E-state index is 11.4. The number of piperazine rings is 1. The van der Waals surface area contributed by atoms with Crippen LogP contribution in [0.3, 0.4) is 0 Å². The van der Waals surface area contributed by atoms with Gasteiger partial charge in [-0.2, -0.15) is 0 Å². The molecule has 0 aromatic heterocycles. The molecule has 0 aromatic carbocycles. The fourth-order valence-electron chi connectivity index (χ4n) is 1.48.